The Morgan fingerprint density at radius 2 is 1.64 bits per heavy atom. The van der Waals surface area contributed by atoms with Crippen LogP contribution >= 0.6 is 0 Å². The van der Waals surface area contributed by atoms with E-state index in [0.29, 0.717) is 5.56 Å². The number of carbonyl (C=O) groups excluding carboxylic acids is 2. The third-order valence-corrected chi connectivity index (χ3v) is 8.05. The maximum Gasteiger partial charge on any atom is 0.251 e. The van der Waals surface area contributed by atoms with Crippen molar-refractivity contribution in [2.24, 2.45) is 5.73 Å². The van der Waals surface area contributed by atoms with Gasteiger partial charge in [-0.3, -0.25) is 9.59 Å². The molecule has 0 bridgehead atoms. The van der Waals surface area contributed by atoms with E-state index in [1.807, 2.05) is 4.57 Å². The summed E-state index contributed by atoms with van der Waals surface area (Å²) in [5.74, 6) is 0.221. The Bertz CT molecular complexity index is 1270. The molecule has 1 saturated carbocycles. The van der Waals surface area contributed by atoms with Gasteiger partial charge in [0.15, 0.2) is 9.84 Å². The molecule has 1 aliphatic carbocycles. The molecule has 39 heavy (non-hydrogen) atoms. The Labute approximate surface area is 231 Å². The van der Waals surface area contributed by atoms with Crippen LogP contribution in [0.1, 0.15) is 53.6 Å². The minimum absolute atomic E-state index is 0.0254. The number of rotatable bonds is 6. The first-order chi connectivity index (χ1) is 18.7. The molecule has 3 aromatic rings. The van der Waals surface area contributed by atoms with Crippen LogP contribution in [0.4, 0.5) is 0 Å². The van der Waals surface area contributed by atoms with E-state index in [1.165, 1.54) is 28.9 Å². The summed E-state index contributed by atoms with van der Waals surface area (Å²) in [6.45, 7) is 5.21. The van der Waals surface area contributed by atoms with Crippen molar-refractivity contribution in [3.05, 3.63) is 83.9 Å². The Balaban J connectivity index is 0.000000245. The van der Waals surface area contributed by atoms with Gasteiger partial charge in [0.05, 0.1) is 24.4 Å². The van der Waals surface area contributed by atoms with Crippen molar-refractivity contribution in [1.29, 1.82) is 0 Å². The second kappa shape index (κ2) is 14.6. The van der Waals surface area contributed by atoms with Crippen molar-refractivity contribution in [3.63, 3.8) is 0 Å². The van der Waals surface area contributed by atoms with Crippen LogP contribution in [0.5, 0.6) is 0 Å². The molecule has 3 N–H and O–H groups in total. The molecular formula is C29H39N5O4S. The van der Waals surface area contributed by atoms with Crippen LogP contribution in [0, 0.1) is 6.92 Å². The lowest BCUT2D eigenvalue weighted by Gasteiger charge is -2.26. The zero-order chi connectivity index (χ0) is 28.3. The molecular weight excluding hydrogens is 514 g/mol. The first kappa shape index (κ1) is 30.0. The van der Waals surface area contributed by atoms with Gasteiger partial charge in [0, 0.05) is 36.7 Å². The van der Waals surface area contributed by atoms with Gasteiger partial charge in [0.1, 0.15) is 0 Å². The Morgan fingerprint density at radius 3 is 2.15 bits per heavy atom. The van der Waals surface area contributed by atoms with Crippen molar-refractivity contribution >= 4 is 21.7 Å². The van der Waals surface area contributed by atoms with E-state index >= 15 is 0 Å². The molecule has 9 nitrogen and oxygen atoms in total. The van der Waals surface area contributed by atoms with Gasteiger partial charge in [-0.1, -0.05) is 36.8 Å². The number of nitrogens with one attached hydrogen (secondary N) is 1. The number of hydrogen-bond donors (Lipinski definition) is 2. The van der Waals surface area contributed by atoms with Crippen LogP contribution in [-0.4, -0.2) is 72.4 Å². The van der Waals surface area contributed by atoms with E-state index in [2.05, 4.69) is 48.4 Å². The van der Waals surface area contributed by atoms with Gasteiger partial charge < -0.3 is 20.5 Å². The van der Waals surface area contributed by atoms with Gasteiger partial charge in [-0.15, -0.1) is 0 Å². The molecule has 10 heteroatoms. The fourth-order valence-electron chi connectivity index (χ4n) is 3.78. The minimum atomic E-state index is -3.03. The average molecular weight is 554 g/mol. The topological polar surface area (TPSA) is 127 Å². The summed E-state index contributed by atoms with van der Waals surface area (Å²) in [5, 5.41) is 2.57. The molecule has 1 saturated heterocycles. The van der Waals surface area contributed by atoms with Crippen molar-refractivity contribution in [2.45, 2.75) is 39.0 Å². The van der Waals surface area contributed by atoms with E-state index in [-0.39, 0.29) is 43.0 Å². The van der Waals surface area contributed by atoms with Crippen LogP contribution in [-0.2, 0) is 14.6 Å². The SMILES string of the molecule is CCCN.Cc1ccc(C2CC2)cc1.O=C(NCC(=O)N1CCS(=O)(=O)CC1)c1ccc(-n2ccnc2)cc1. The summed E-state index contributed by atoms with van der Waals surface area (Å²) in [6.07, 6.45) is 9.03. The van der Waals surface area contributed by atoms with Crippen LogP contribution in [0.15, 0.2) is 67.3 Å². The summed E-state index contributed by atoms with van der Waals surface area (Å²) in [7, 11) is -3.03. The number of carbonyl (C=O) groups is 2. The number of sulfone groups is 1. The standard InChI is InChI=1S/C16H18N4O4S.C10H12.C3H9N/c21-15(19-7-9-25(23,24)10-8-19)11-18-16(22)13-1-3-14(4-2-13)20-6-5-17-12-20;1-8-2-4-9(5-3-8)10-6-7-10;1-2-3-4/h1-6,12H,7-11H2,(H,18,22);2-5,10H,6-7H2,1H3;2-4H2,1H3. The maximum absolute atomic E-state index is 12.1. The van der Waals surface area contributed by atoms with E-state index in [4.69, 9.17) is 5.73 Å². The first-order valence-corrected chi connectivity index (χ1v) is 15.2. The lowest BCUT2D eigenvalue weighted by molar-refractivity contribution is -0.129. The summed E-state index contributed by atoms with van der Waals surface area (Å²) in [6, 6.07) is 15.8. The summed E-state index contributed by atoms with van der Waals surface area (Å²) < 4.78 is 24.6. The van der Waals surface area contributed by atoms with Gasteiger partial charge in [0.25, 0.3) is 5.91 Å². The highest BCUT2D eigenvalue weighted by atomic mass is 32.2. The first-order valence-electron chi connectivity index (χ1n) is 13.3. The predicted molar refractivity (Wildman–Crippen MR) is 154 cm³/mol. The number of aryl methyl sites for hydroxylation is 1. The molecule has 5 rings (SSSR count). The van der Waals surface area contributed by atoms with Gasteiger partial charge in [-0.05, 0) is 68.5 Å². The minimum Gasteiger partial charge on any atom is -0.343 e. The molecule has 0 spiro atoms. The summed E-state index contributed by atoms with van der Waals surface area (Å²) in [5.41, 5.74) is 9.24. The fraction of sp³-hybridized carbons (Fsp3) is 0.414. The van der Waals surface area contributed by atoms with Gasteiger partial charge in [0.2, 0.25) is 5.91 Å². The van der Waals surface area contributed by atoms with Crippen LogP contribution < -0.4 is 11.1 Å². The highest BCUT2D eigenvalue weighted by Crippen LogP contribution is 2.39. The number of amides is 2. The quantitative estimate of drug-likeness (QED) is 0.483. The fourth-order valence-corrected chi connectivity index (χ4v) is 4.98. The van der Waals surface area contributed by atoms with Crippen molar-refractivity contribution in [3.8, 4) is 5.69 Å². The molecule has 2 amide bonds. The maximum atomic E-state index is 12.1. The number of nitrogens with zero attached hydrogens (tertiary/aromatic N) is 3. The van der Waals surface area contributed by atoms with Gasteiger partial charge in [-0.2, -0.15) is 0 Å². The molecule has 1 aromatic heterocycles. The molecule has 0 unspecified atom stereocenters. The van der Waals surface area contributed by atoms with Crippen LogP contribution in [0.3, 0.4) is 0 Å². The third kappa shape index (κ3) is 9.96. The van der Waals surface area contributed by atoms with E-state index in [1.54, 1.807) is 43.0 Å². The predicted octanol–water partition coefficient (Wildman–Crippen LogP) is 3.09. The second-order valence-corrected chi connectivity index (χ2v) is 12.0. The number of nitrogens with two attached hydrogens (primary N) is 1. The largest absolute Gasteiger partial charge is 0.343 e. The molecule has 2 heterocycles. The number of hydrogen-bond acceptors (Lipinski definition) is 6. The Morgan fingerprint density at radius 1 is 1.03 bits per heavy atom. The van der Waals surface area contributed by atoms with Crippen LogP contribution in [0.2, 0.25) is 0 Å². The van der Waals surface area contributed by atoms with Crippen LogP contribution in [0.25, 0.3) is 5.69 Å². The smallest absolute Gasteiger partial charge is 0.251 e. The average Bonchev–Trinajstić information content (AvgIpc) is 3.65. The van der Waals surface area contributed by atoms with Crippen molar-refractivity contribution in [1.82, 2.24) is 19.8 Å². The normalized spacial score (nSPS) is 15.7. The zero-order valence-corrected chi connectivity index (χ0v) is 23.6. The summed E-state index contributed by atoms with van der Waals surface area (Å²) in [4.78, 5) is 29.6. The summed E-state index contributed by atoms with van der Waals surface area (Å²) >= 11 is 0. The Hall–Kier alpha value is -3.50. The van der Waals surface area contributed by atoms with Crippen molar-refractivity contribution in [2.75, 3.05) is 37.7 Å². The highest BCUT2D eigenvalue weighted by molar-refractivity contribution is 7.91. The molecule has 210 valence electrons. The Kier molecular flexibility index (Phi) is 11.2. The monoisotopic (exact) mass is 553 g/mol. The molecule has 2 aromatic carbocycles. The number of imidazole rings is 1. The second-order valence-electron chi connectivity index (χ2n) is 9.71. The lowest BCUT2D eigenvalue weighted by atomic mass is 10.1. The molecule has 0 radical (unpaired) electrons. The lowest BCUT2D eigenvalue weighted by Crippen LogP contribution is -2.47. The highest BCUT2D eigenvalue weighted by Gasteiger charge is 2.25. The third-order valence-electron chi connectivity index (χ3n) is 6.44. The van der Waals surface area contributed by atoms with E-state index in [0.717, 1.165) is 24.6 Å². The molecule has 2 fully saturated rings. The van der Waals surface area contributed by atoms with E-state index in [9.17, 15) is 18.0 Å². The number of benzene rings is 2. The molecule has 2 aliphatic rings. The van der Waals surface area contributed by atoms with Gasteiger partial charge in [-0.25, -0.2) is 13.4 Å². The molecule has 0 atom stereocenters. The zero-order valence-electron chi connectivity index (χ0n) is 22.8. The van der Waals surface area contributed by atoms with Gasteiger partial charge >= 0.3 is 0 Å². The van der Waals surface area contributed by atoms with Crippen molar-refractivity contribution < 1.29 is 18.0 Å². The number of aromatic nitrogens is 2. The molecule has 1 aliphatic heterocycles. The van der Waals surface area contributed by atoms with E-state index < -0.39 is 9.84 Å².